The van der Waals surface area contributed by atoms with Gasteiger partial charge in [0.15, 0.2) is 9.84 Å². The van der Waals surface area contributed by atoms with Gasteiger partial charge in [-0.05, 0) is 42.8 Å². The Morgan fingerprint density at radius 2 is 1.95 bits per heavy atom. The number of hydrogen-bond donors (Lipinski definition) is 0. The molecule has 1 aliphatic rings. The lowest BCUT2D eigenvalue weighted by Crippen LogP contribution is -2.07. The summed E-state index contributed by atoms with van der Waals surface area (Å²) in [7, 11) is -2.90. The van der Waals surface area contributed by atoms with E-state index in [1.165, 1.54) is 0 Å². The molecule has 1 fully saturated rings. The first-order valence-corrected chi connectivity index (χ1v) is 8.81. The fourth-order valence-electron chi connectivity index (χ4n) is 2.26. The van der Waals surface area contributed by atoms with Crippen molar-refractivity contribution in [1.29, 1.82) is 0 Å². The molecule has 0 radical (unpaired) electrons. The minimum atomic E-state index is -2.90. The molecule has 2 aromatic rings. The van der Waals surface area contributed by atoms with E-state index in [1.807, 2.05) is 24.3 Å². The normalized spacial score (nSPS) is 21.1. The van der Waals surface area contributed by atoms with Crippen LogP contribution in [0, 0.1) is 0 Å². The molecule has 0 aliphatic carbocycles. The molecule has 4 nitrogen and oxygen atoms in total. The van der Waals surface area contributed by atoms with Crippen molar-refractivity contribution in [1.82, 2.24) is 0 Å². The van der Waals surface area contributed by atoms with E-state index in [9.17, 15) is 8.42 Å². The Hall–Kier alpha value is -1.59. The van der Waals surface area contributed by atoms with Crippen molar-refractivity contribution in [2.45, 2.75) is 12.5 Å². The summed E-state index contributed by atoms with van der Waals surface area (Å²) in [5.74, 6) is 1.70. The second kappa shape index (κ2) is 5.66. The predicted octanol–water partition coefficient (Wildman–Crippen LogP) is 3.21. The van der Waals surface area contributed by atoms with Crippen molar-refractivity contribution >= 4 is 27.7 Å². The van der Waals surface area contributed by atoms with Crippen LogP contribution in [0.2, 0.25) is 5.02 Å². The summed E-state index contributed by atoms with van der Waals surface area (Å²) >= 11 is 5.85. The Morgan fingerprint density at radius 1 is 1.19 bits per heavy atom. The maximum absolute atomic E-state index is 11.4. The number of halogens is 1. The fraction of sp³-hybridized carbons (Fsp3) is 0.267. The molecule has 0 bridgehead atoms. The Balaban J connectivity index is 1.72. The van der Waals surface area contributed by atoms with E-state index in [4.69, 9.17) is 16.0 Å². The van der Waals surface area contributed by atoms with Gasteiger partial charge in [-0.3, -0.25) is 4.99 Å². The largest absolute Gasteiger partial charge is 0.455 e. The Morgan fingerprint density at radius 3 is 2.62 bits per heavy atom. The van der Waals surface area contributed by atoms with Crippen LogP contribution in [-0.4, -0.2) is 32.2 Å². The first-order chi connectivity index (χ1) is 10.0. The number of benzene rings is 1. The maximum Gasteiger partial charge on any atom is 0.152 e. The smallest absolute Gasteiger partial charge is 0.152 e. The van der Waals surface area contributed by atoms with E-state index < -0.39 is 9.84 Å². The minimum absolute atomic E-state index is 0.133. The molecular weight excluding hydrogens is 310 g/mol. The lowest BCUT2D eigenvalue weighted by molar-refractivity contribution is 0.573. The van der Waals surface area contributed by atoms with E-state index in [0.29, 0.717) is 17.2 Å². The molecule has 21 heavy (non-hydrogen) atoms. The van der Waals surface area contributed by atoms with Crippen molar-refractivity contribution in [2.75, 3.05) is 11.5 Å². The Kier molecular flexibility index (Phi) is 3.87. The molecule has 2 heterocycles. The van der Waals surface area contributed by atoms with Gasteiger partial charge in [0.25, 0.3) is 0 Å². The summed E-state index contributed by atoms with van der Waals surface area (Å²) in [6.45, 7) is 0. The summed E-state index contributed by atoms with van der Waals surface area (Å²) in [4.78, 5) is 4.29. The van der Waals surface area contributed by atoms with Crippen molar-refractivity contribution in [3.05, 3.63) is 47.2 Å². The highest BCUT2D eigenvalue weighted by Gasteiger charge is 2.26. The van der Waals surface area contributed by atoms with Crippen LogP contribution in [0.4, 0.5) is 0 Å². The summed E-state index contributed by atoms with van der Waals surface area (Å²) in [5.41, 5.74) is 0.933. The molecule has 0 amide bonds. The average molecular weight is 324 g/mol. The quantitative estimate of drug-likeness (QED) is 0.815. The van der Waals surface area contributed by atoms with E-state index in [1.54, 1.807) is 18.3 Å². The van der Waals surface area contributed by atoms with Gasteiger partial charge in [0, 0.05) is 10.6 Å². The van der Waals surface area contributed by atoms with Gasteiger partial charge in [0.2, 0.25) is 0 Å². The zero-order valence-corrected chi connectivity index (χ0v) is 12.8. The summed E-state index contributed by atoms with van der Waals surface area (Å²) < 4.78 is 28.4. The molecule has 110 valence electrons. The van der Waals surface area contributed by atoms with E-state index in [-0.39, 0.29) is 17.5 Å². The number of hydrogen-bond acceptors (Lipinski definition) is 4. The van der Waals surface area contributed by atoms with Gasteiger partial charge in [0.05, 0.1) is 23.8 Å². The Labute approximate surface area is 128 Å². The van der Waals surface area contributed by atoms with Gasteiger partial charge in [-0.25, -0.2) is 8.42 Å². The standard InChI is InChI=1S/C15H14ClNO3S/c16-12-3-1-11(2-4-12)15-6-5-14(20-15)9-17-13-7-8-21(18,19)10-13/h1-6,9,13H,7-8,10H2/t13-/m0/s1. The zero-order valence-electron chi connectivity index (χ0n) is 11.2. The molecule has 1 saturated heterocycles. The van der Waals surface area contributed by atoms with Crippen molar-refractivity contribution in [3.63, 3.8) is 0 Å². The molecular formula is C15H14ClNO3S. The molecule has 0 spiro atoms. The highest BCUT2D eigenvalue weighted by Crippen LogP contribution is 2.23. The van der Waals surface area contributed by atoms with Gasteiger partial charge in [-0.2, -0.15) is 0 Å². The van der Waals surface area contributed by atoms with E-state index >= 15 is 0 Å². The second-order valence-electron chi connectivity index (χ2n) is 5.04. The van der Waals surface area contributed by atoms with Crippen LogP contribution in [0.5, 0.6) is 0 Å². The van der Waals surface area contributed by atoms with Crippen LogP contribution in [0.15, 0.2) is 45.8 Å². The first-order valence-electron chi connectivity index (χ1n) is 6.61. The van der Waals surface area contributed by atoms with Crippen LogP contribution in [0.3, 0.4) is 0 Å². The third-order valence-electron chi connectivity index (χ3n) is 3.38. The van der Waals surface area contributed by atoms with Crippen LogP contribution >= 0.6 is 11.6 Å². The third-order valence-corrected chi connectivity index (χ3v) is 5.38. The maximum atomic E-state index is 11.4. The lowest BCUT2D eigenvalue weighted by atomic mass is 10.2. The van der Waals surface area contributed by atoms with Crippen molar-refractivity contribution in [2.24, 2.45) is 4.99 Å². The van der Waals surface area contributed by atoms with Crippen LogP contribution in [-0.2, 0) is 9.84 Å². The molecule has 1 aromatic carbocycles. The molecule has 6 heteroatoms. The second-order valence-corrected chi connectivity index (χ2v) is 7.71. The van der Waals surface area contributed by atoms with Gasteiger partial charge in [0.1, 0.15) is 11.5 Å². The molecule has 3 rings (SSSR count). The monoisotopic (exact) mass is 323 g/mol. The Bertz CT molecular complexity index is 762. The first kappa shape index (κ1) is 14.4. The summed E-state index contributed by atoms with van der Waals surface area (Å²) in [5, 5.41) is 0.675. The van der Waals surface area contributed by atoms with Gasteiger partial charge < -0.3 is 4.42 Å². The van der Waals surface area contributed by atoms with E-state index in [2.05, 4.69) is 4.99 Å². The van der Waals surface area contributed by atoms with E-state index in [0.717, 1.165) is 11.3 Å². The highest BCUT2D eigenvalue weighted by atomic mass is 35.5. The molecule has 0 unspecified atom stereocenters. The van der Waals surface area contributed by atoms with Crippen LogP contribution in [0.25, 0.3) is 11.3 Å². The summed E-state index contributed by atoms with van der Waals surface area (Å²) in [6, 6.07) is 10.9. The zero-order chi connectivity index (χ0) is 14.9. The number of aliphatic imine (C=N–C) groups is 1. The van der Waals surface area contributed by atoms with Crippen molar-refractivity contribution < 1.29 is 12.8 Å². The van der Waals surface area contributed by atoms with Crippen LogP contribution < -0.4 is 0 Å². The average Bonchev–Trinajstić information content (AvgIpc) is 3.04. The summed E-state index contributed by atoms with van der Waals surface area (Å²) in [6.07, 6.45) is 2.19. The van der Waals surface area contributed by atoms with Crippen LogP contribution in [0.1, 0.15) is 12.2 Å². The molecule has 1 aliphatic heterocycles. The van der Waals surface area contributed by atoms with Gasteiger partial charge >= 0.3 is 0 Å². The lowest BCUT2D eigenvalue weighted by Gasteiger charge is -1.98. The number of nitrogens with zero attached hydrogens (tertiary/aromatic N) is 1. The highest BCUT2D eigenvalue weighted by molar-refractivity contribution is 7.91. The number of furan rings is 1. The minimum Gasteiger partial charge on any atom is -0.455 e. The molecule has 1 atom stereocenters. The fourth-order valence-corrected chi connectivity index (χ4v) is 4.03. The molecule has 1 aromatic heterocycles. The third kappa shape index (κ3) is 3.54. The topological polar surface area (TPSA) is 59.6 Å². The van der Waals surface area contributed by atoms with Gasteiger partial charge in [-0.1, -0.05) is 11.6 Å². The van der Waals surface area contributed by atoms with Gasteiger partial charge in [-0.15, -0.1) is 0 Å². The SMILES string of the molecule is O=S1(=O)CC[C@H](N=Cc2ccc(-c3ccc(Cl)cc3)o2)C1. The molecule has 0 N–H and O–H groups in total. The number of rotatable bonds is 3. The number of sulfone groups is 1. The van der Waals surface area contributed by atoms with Crippen molar-refractivity contribution in [3.8, 4) is 11.3 Å². The molecule has 0 saturated carbocycles. The predicted molar refractivity (Wildman–Crippen MR) is 83.8 cm³/mol.